The standard InChI is InChI=1S/C12H14ClNO2/c1-16-12(15)10-7-9(5-6-11(10)13)14-8-3-2-4-8/h5-8,14H,2-4H2,1H3. The van der Waals surface area contributed by atoms with E-state index in [-0.39, 0.29) is 0 Å². The first-order chi connectivity index (χ1) is 7.70. The van der Waals surface area contributed by atoms with Crippen LogP contribution in [0.25, 0.3) is 0 Å². The van der Waals surface area contributed by atoms with Gasteiger partial charge in [0, 0.05) is 11.7 Å². The van der Waals surface area contributed by atoms with Gasteiger partial charge in [-0.25, -0.2) is 4.79 Å². The van der Waals surface area contributed by atoms with Crippen molar-refractivity contribution in [1.82, 2.24) is 0 Å². The molecule has 0 radical (unpaired) electrons. The van der Waals surface area contributed by atoms with Crippen LogP contribution in [-0.4, -0.2) is 19.1 Å². The smallest absolute Gasteiger partial charge is 0.339 e. The van der Waals surface area contributed by atoms with E-state index in [9.17, 15) is 4.79 Å². The predicted octanol–water partition coefficient (Wildman–Crippen LogP) is 3.09. The van der Waals surface area contributed by atoms with Gasteiger partial charge in [-0.05, 0) is 37.5 Å². The van der Waals surface area contributed by atoms with Gasteiger partial charge in [-0.1, -0.05) is 11.6 Å². The van der Waals surface area contributed by atoms with Crippen LogP contribution < -0.4 is 5.32 Å². The molecule has 0 bridgehead atoms. The number of rotatable bonds is 3. The Morgan fingerprint density at radius 2 is 2.25 bits per heavy atom. The molecule has 1 aliphatic carbocycles. The fraction of sp³-hybridized carbons (Fsp3) is 0.417. The monoisotopic (exact) mass is 239 g/mol. The molecule has 0 unspecified atom stereocenters. The highest BCUT2D eigenvalue weighted by atomic mass is 35.5. The molecule has 1 aromatic carbocycles. The van der Waals surface area contributed by atoms with Crippen molar-refractivity contribution in [2.75, 3.05) is 12.4 Å². The summed E-state index contributed by atoms with van der Waals surface area (Å²) in [7, 11) is 1.35. The van der Waals surface area contributed by atoms with Gasteiger partial charge in [0.1, 0.15) is 0 Å². The first-order valence-electron chi connectivity index (χ1n) is 5.35. The van der Waals surface area contributed by atoms with Crippen LogP contribution in [0.5, 0.6) is 0 Å². The van der Waals surface area contributed by atoms with E-state index in [0.717, 1.165) is 5.69 Å². The van der Waals surface area contributed by atoms with E-state index in [1.807, 2.05) is 6.07 Å². The SMILES string of the molecule is COC(=O)c1cc(NC2CCC2)ccc1Cl. The lowest BCUT2D eigenvalue weighted by molar-refractivity contribution is 0.0601. The van der Waals surface area contributed by atoms with E-state index >= 15 is 0 Å². The number of esters is 1. The Hall–Kier alpha value is -1.22. The molecule has 1 N–H and O–H groups in total. The summed E-state index contributed by atoms with van der Waals surface area (Å²) >= 11 is 5.93. The Labute approximate surface area is 99.7 Å². The second-order valence-electron chi connectivity index (χ2n) is 3.96. The fourth-order valence-electron chi connectivity index (χ4n) is 1.67. The minimum absolute atomic E-state index is 0.401. The maximum absolute atomic E-state index is 11.4. The molecule has 0 amide bonds. The van der Waals surface area contributed by atoms with Gasteiger partial charge in [-0.15, -0.1) is 0 Å². The first kappa shape index (κ1) is 11.3. The molecule has 0 atom stereocenters. The van der Waals surface area contributed by atoms with E-state index < -0.39 is 5.97 Å². The molecule has 3 nitrogen and oxygen atoms in total. The minimum atomic E-state index is -0.401. The molecule has 0 saturated heterocycles. The van der Waals surface area contributed by atoms with E-state index in [1.54, 1.807) is 12.1 Å². The summed E-state index contributed by atoms with van der Waals surface area (Å²) in [6.07, 6.45) is 3.65. The van der Waals surface area contributed by atoms with Crippen LogP contribution in [0, 0.1) is 0 Å². The van der Waals surface area contributed by atoms with E-state index in [4.69, 9.17) is 11.6 Å². The number of benzene rings is 1. The number of ether oxygens (including phenoxy) is 1. The highest BCUT2D eigenvalue weighted by Gasteiger charge is 2.18. The average molecular weight is 240 g/mol. The zero-order chi connectivity index (χ0) is 11.5. The van der Waals surface area contributed by atoms with Crippen molar-refractivity contribution < 1.29 is 9.53 Å². The number of nitrogens with one attached hydrogen (secondary N) is 1. The van der Waals surface area contributed by atoms with Crippen molar-refractivity contribution in [2.24, 2.45) is 0 Å². The highest BCUT2D eigenvalue weighted by molar-refractivity contribution is 6.33. The van der Waals surface area contributed by atoms with Crippen molar-refractivity contribution in [3.8, 4) is 0 Å². The summed E-state index contributed by atoms with van der Waals surface area (Å²) in [6.45, 7) is 0. The third-order valence-electron chi connectivity index (χ3n) is 2.85. The van der Waals surface area contributed by atoms with Crippen molar-refractivity contribution in [1.29, 1.82) is 0 Å². The molecule has 4 heteroatoms. The first-order valence-corrected chi connectivity index (χ1v) is 5.73. The summed E-state index contributed by atoms with van der Waals surface area (Å²) < 4.78 is 4.67. The third kappa shape index (κ3) is 2.30. The molecule has 1 aromatic rings. The normalized spacial score (nSPS) is 15.4. The van der Waals surface area contributed by atoms with Gasteiger partial charge in [0.2, 0.25) is 0 Å². The fourth-order valence-corrected chi connectivity index (χ4v) is 1.86. The maximum Gasteiger partial charge on any atom is 0.339 e. The lowest BCUT2D eigenvalue weighted by atomic mass is 9.93. The summed E-state index contributed by atoms with van der Waals surface area (Å²) in [5.41, 5.74) is 1.34. The Kier molecular flexibility index (Phi) is 3.34. The van der Waals surface area contributed by atoms with E-state index in [1.165, 1.54) is 26.4 Å². The summed E-state index contributed by atoms with van der Waals surface area (Å²) in [4.78, 5) is 11.4. The van der Waals surface area contributed by atoms with Gasteiger partial charge >= 0.3 is 5.97 Å². The summed E-state index contributed by atoms with van der Waals surface area (Å²) in [5.74, 6) is -0.401. The van der Waals surface area contributed by atoms with Crippen molar-refractivity contribution >= 4 is 23.3 Å². The van der Waals surface area contributed by atoms with E-state index in [2.05, 4.69) is 10.1 Å². The molecule has 1 aliphatic rings. The van der Waals surface area contributed by atoms with Gasteiger partial charge in [-0.3, -0.25) is 0 Å². The van der Waals surface area contributed by atoms with Crippen LogP contribution in [0.1, 0.15) is 29.6 Å². The number of methoxy groups -OCH3 is 1. The lowest BCUT2D eigenvalue weighted by Crippen LogP contribution is -2.27. The van der Waals surface area contributed by atoms with Crippen LogP contribution >= 0.6 is 11.6 Å². The molecule has 0 aromatic heterocycles. The molecular weight excluding hydrogens is 226 g/mol. The quantitative estimate of drug-likeness (QED) is 0.824. The molecule has 16 heavy (non-hydrogen) atoms. The maximum atomic E-state index is 11.4. The topological polar surface area (TPSA) is 38.3 Å². The Morgan fingerprint density at radius 1 is 1.50 bits per heavy atom. The number of halogens is 1. The second-order valence-corrected chi connectivity index (χ2v) is 4.37. The zero-order valence-corrected chi connectivity index (χ0v) is 9.88. The minimum Gasteiger partial charge on any atom is -0.465 e. The average Bonchev–Trinajstić information content (AvgIpc) is 2.24. The molecule has 86 valence electrons. The van der Waals surface area contributed by atoms with Crippen LogP contribution in [0.2, 0.25) is 5.02 Å². The number of hydrogen-bond acceptors (Lipinski definition) is 3. The van der Waals surface area contributed by atoms with Gasteiger partial charge in [0.25, 0.3) is 0 Å². The molecule has 0 aliphatic heterocycles. The van der Waals surface area contributed by atoms with E-state index in [0.29, 0.717) is 16.6 Å². The molecule has 2 rings (SSSR count). The lowest BCUT2D eigenvalue weighted by Gasteiger charge is -2.27. The number of hydrogen-bond donors (Lipinski definition) is 1. The second kappa shape index (κ2) is 4.74. The molecule has 0 spiro atoms. The number of carbonyl (C=O) groups excluding carboxylic acids is 1. The molecule has 0 heterocycles. The predicted molar refractivity (Wildman–Crippen MR) is 64.1 cm³/mol. The van der Waals surface area contributed by atoms with Gasteiger partial charge in [0.05, 0.1) is 17.7 Å². The van der Waals surface area contributed by atoms with Crippen LogP contribution in [-0.2, 0) is 4.74 Å². The molecule has 1 fully saturated rings. The summed E-state index contributed by atoms with van der Waals surface area (Å²) in [5, 5.41) is 3.78. The van der Waals surface area contributed by atoms with Crippen LogP contribution in [0.3, 0.4) is 0 Å². The summed E-state index contributed by atoms with van der Waals surface area (Å²) in [6, 6.07) is 5.88. The Morgan fingerprint density at radius 3 is 2.81 bits per heavy atom. The van der Waals surface area contributed by atoms with Crippen molar-refractivity contribution in [3.63, 3.8) is 0 Å². The Bertz CT molecular complexity index is 402. The third-order valence-corrected chi connectivity index (χ3v) is 3.18. The largest absolute Gasteiger partial charge is 0.465 e. The van der Waals surface area contributed by atoms with Crippen LogP contribution in [0.4, 0.5) is 5.69 Å². The number of anilines is 1. The zero-order valence-electron chi connectivity index (χ0n) is 9.13. The van der Waals surface area contributed by atoms with Crippen molar-refractivity contribution in [3.05, 3.63) is 28.8 Å². The number of carbonyl (C=O) groups is 1. The Balaban J connectivity index is 2.17. The molecule has 1 saturated carbocycles. The van der Waals surface area contributed by atoms with Gasteiger partial charge in [-0.2, -0.15) is 0 Å². The van der Waals surface area contributed by atoms with Gasteiger partial charge in [0.15, 0.2) is 0 Å². The van der Waals surface area contributed by atoms with Crippen LogP contribution in [0.15, 0.2) is 18.2 Å². The molecular formula is C12H14ClNO2. The van der Waals surface area contributed by atoms with Gasteiger partial charge < -0.3 is 10.1 Å². The highest BCUT2D eigenvalue weighted by Crippen LogP contribution is 2.26. The van der Waals surface area contributed by atoms with Crippen molar-refractivity contribution in [2.45, 2.75) is 25.3 Å².